The SMILES string of the molecule is C[C@H](OC(=O)CN1C(=O)[C@H]2CCCC[C@@H]2C1=O)C(=O)Nc1ccc2c(c1)OCO2. The fourth-order valence-electron chi connectivity index (χ4n) is 4.02. The number of imide groups is 1. The molecule has 4 rings (SSSR count). The summed E-state index contributed by atoms with van der Waals surface area (Å²) in [7, 11) is 0. The lowest BCUT2D eigenvalue weighted by molar-refractivity contribution is -0.158. The molecule has 1 saturated heterocycles. The van der Waals surface area contributed by atoms with Gasteiger partial charge in [0.05, 0.1) is 11.8 Å². The van der Waals surface area contributed by atoms with E-state index in [1.54, 1.807) is 18.2 Å². The zero-order chi connectivity index (χ0) is 20.5. The second kappa shape index (κ2) is 7.73. The van der Waals surface area contributed by atoms with Crippen LogP contribution in [0, 0.1) is 11.8 Å². The number of fused-ring (bicyclic) bond motifs is 2. The highest BCUT2D eigenvalue weighted by molar-refractivity contribution is 6.07. The molecule has 0 radical (unpaired) electrons. The first kappa shape index (κ1) is 19.2. The summed E-state index contributed by atoms with van der Waals surface area (Å²) >= 11 is 0. The van der Waals surface area contributed by atoms with Crippen LogP contribution in [0.4, 0.5) is 5.69 Å². The first-order chi connectivity index (χ1) is 13.9. The number of amides is 3. The van der Waals surface area contributed by atoms with E-state index >= 15 is 0 Å². The summed E-state index contributed by atoms with van der Waals surface area (Å²) in [4.78, 5) is 50.4. The second-order valence-corrected chi connectivity index (χ2v) is 7.45. The van der Waals surface area contributed by atoms with Crippen molar-refractivity contribution in [3.05, 3.63) is 18.2 Å². The minimum atomic E-state index is -1.09. The number of carbonyl (C=O) groups is 4. The molecule has 3 amide bonds. The molecule has 3 atom stereocenters. The Balaban J connectivity index is 1.31. The molecule has 1 aromatic rings. The molecule has 2 heterocycles. The van der Waals surface area contributed by atoms with E-state index < -0.39 is 24.5 Å². The van der Waals surface area contributed by atoms with Crippen LogP contribution >= 0.6 is 0 Å². The third-order valence-electron chi connectivity index (χ3n) is 5.54. The third kappa shape index (κ3) is 3.76. The molecule has 9 nitrogen and oxygen atoms in total. The van der Waals surface area contributed by atoms with Crippen LogP contribution in [-0.2, 0) is 23.9 Å². The molecule has 2 fully saturated rings. The first-order valence-corrected chi connectivity index (χ1v) is 9.69. The third-order valence-corrected chi connectivity index (χ3v) is 5.54. The van der Waals surface area contributed by atoms with Crippen LogP contribution in [-0.4, -0.2) is 48.0 Å². The monoisotopic (exact) mass is 402 g/mol. The van der Waals surface area contributed by atoms with Gasteiger partial charge in [0.25, 0.3) is 5.91 Å². The van der Waals surface area contributed by atoms with Gasteiger partial charge in [0.2, 0.25) is 18.6 Å². The molecule has 1 aromatic carbocycles. The Kier molecular flexibility index (Phi) is 5.12. The number of hydrogen-bond acceptors (Lipinski definition) is 7. The predicted octanol–water partition coefficient (Wildman–Crippen LogP) is 1.46. The lowest BCUT2D eigenvalue weighted by Crippen LogP contribution is -2.39. The molecular formula is C20H22N2O7. The van der Waals surface area contributed by atoms with Crippen LogP contribution < -0.4 is 14.8 Å². The topological polar surface area (TPSA) is 111 Å². The van der Waals surface area contributed by atoms with Gasteiger partial charge in [-0.25, -0.2) is 0 Å². The zero-order valence-corrected chi connectivity index (χ0v) is 16.0. The van der Waals surface area contributed by atoms with Crippen molar-refractivity contribution < 1.29 is 33.4 Å². The molecule has 29 heavy (non-hydrogen) atoms. The van der Waals surface area contributed by atoms with Gasteiger partial charge < -0.3 is 19.5 Å². The number of esters is 1. The van der Waals surface area contributed by atoms with Gasteiger partial charge in [0.1, 0.15) is 6.54 Å². The van der Waals surface area contributed by atoms with Gasteiger partial charge in [-0.2, -0.15) is 0 Å². The quantitative estimate of drug-likeness (QED) is 0.586. The molecule has 2 aliphatic heterocycles. The summed E-state index contributed by atoms with van der Waals surface area (Å²) in [6, 6.07) is 4.92. The Labute approximate surface area is 167 Å². The van der Waals surface area contributed by atoms with Crippen molar-refractivity contribution in [1.29, 1.82) is 0 Å². The molecule has 0 aromatic heterocycles. The van der Waals surface area contributed by atoms with E-state index in [0.717, 1.165) is 17.7 Å². The van der Waals surface area contributed by atoms with Crippen LogP contribution in [0.5, 0.6) is 11.5 Å². The highest BCUT2D eigenvalue weighted by Crippen LogP contribution is 2.38. The maximum Gasteiger partial charge on any atom is 0.326 e. The number of nitrogens with zero attached hydrogens (tertiary/aromatic N) is 1. The van der Waals surface area contributed by atoms with E-state index in [4.69, 9.17) is 14.2 Å². The maximum absolute atomic E-state index is 12.4. The number of rotatable bonds is 5. The predicted molar refractivity (Wildman–Crippen MR) is 98.9 cm³/mol. The molecule has 0 unspecified atom stereocenters. The molecule has 3 aliphatic rings. The number of carbonyl (C=O) groups excluding carboxylic acids is 4. The van der Waals surface area contributed by atoms with Crippen molar-refractivity contribution in [2.24, 2.45) is 11.8 Å². The van der Waals surface area contributed by atoms with Crippen molar-refractivity contribution in [1.82, 2.24) is 4.90 Å². The van der Waals surface area contributed by atoms with Crippen molar-refractivity contribution >= 4 is 29.4 Å². The van der Waals surface area contributed by atoms with E-state index in [2.05, 4.69) is 5.32 Å². The van der Waals surface area contributed by atoms with E-state index in [0.29, 0.717) is 30.0 Å². The van der Waals surface area contributed by atoms with Crippen molar-refractivity contribution in [2.75, 3.05) is 18.7 Å². The number of anilines is 1. The smallest absolute Gasteiger partial charge is 0.326 e. The zero-order valence-electron chi connectivity index (χ0n) is 16.0. The Bertz CT molecular complexity index is 844. The van der Waals surface area contributed by atoms with E-state index in [1.807, 2.05) is 0 Å². The Hall–Kier alpha value is -3.10. The number of ether oxygens (including phenoxy) is 3. The molecule has 0 bridgehead atoms. The molecular weight excluding hydrogens is 380 g/mol. The Morgan fingerprint density at radius 2 is 1.79 bits per heavy atom. The van der Waals surface area contributed by atoms with Gasteiger partial charge in [0, 0.05) is 11.8 Å². The minimum absolute atomic E-state index is 0.121. The summed E-state index contributed by atoms with van der Waals surface area (Å²) in [5.41, 5.74) is 0.469. The van der Waals surface area contributed by atoms with E-state index in [9.17, 15) is 19.2 Å². The summed E-state index contributed by atoms with van der Waals surface area (Å²) in [6.45, 7) is 1.08. The second-order valence-electron chi connectivity index (χ2n) is 7.45. The molecule has 1 aliphatic carbocycles. The molecule has 9 heteroatoms. The van der Waals surface area contributed by atoms with Gasteiger partial charge in [-0.05, 0) is 31.9 Å². The van der Waals surface area contributed by atoms with E-state index in [1.165, 1.54) is 6.92 Å². The minimum Gasteiger partial charge on any atom is -0.454 e. The van der Waals surface area contributed by atoms with Crippen LogP contribution in [0.25, 0.3) is 0 Å². The number of likely N-dealkylation sites (tertiary alicyclic amines) is 1. The number of hydrogen-bond donors (Lipinski definition) is 1. The average Bonchev–Trinajstić information content (AvgIpc) is 3.26. The van der Waals surface area contributed by atoms with Crippen LogP contribution in [0.1, 0.15) is 32.6 Å². The highest BCUT2D eigenvalue weighted by atomic mass is 16.7. The van der Waals surface area contributed by atoms with Gasteiger partial charge in [-0.3, -0.25) is 24.1 Å². The van der Waals surface area contributed by atoms with Crippen LogP contribution in [0.2, 0.25) is 0 Å². The summed E-state index contributed by atoms with van der Waals surface area (Å²) in [5.74, 6) is -1.50. The van der Waals surface area contributed by atoms with Gasteiger partial charge in [-0.1, -0.05) is 12.8 Å². The van der Waals surface area contributed by atoms with Gasteiger partial charge in [0.15, 0.2) is 17.6 Å². The fourth-order valence-corrected chi connectivity index (χ4v) is 4.02. The Morgan fingerprint density at radius 3 is 2.48 bits per heavy atom. The lowest BCUT2D eigenvalue weighted by Gasteiger charge is -2.19. The molecule has 0 spiro atoms. The first-order valence-electron chi connectivity index (χ1n) is 9.69. The normalized spacial score (nSPS) is 23.6. The Morgan fingerprint density at radius 1 is 1.14 bits per heavy atom. The van der Waals surface area contributed by atoms with Gasteiger partial charge >= 0.3 is 5.97 Å². The molecule has 1 saturated carbocycles. The molecule has 154 valence electrons. The maximum atomic E-state index is 12.4. The largest absolute Gasteiger partial charge is 0.454 e. The van der Waals surface area contributed by atoms with Crippen LogP contribution in [0.15, 0.2) is 18.2 Å². The molecule has 1 N–H and O–H groups in total. The average molecular weight is 402 g/mol. The van der Waals surface area contributed by atoms with Crippen LogP contribution in [0.3, 0.4) is 0 Å². The highest BCUT2D eigenvalue weighted by Gasteiger charge is 2.48. The van der Waals surface area contributed by atoms with E-state index in [-0.39, 0.29) is 30.4 Å². The summed E-state index contributed by atoms with van der Waals surface area (Å²) < 4.78 is 15.6. The standard InChI is InChI=1S/C20H22N2O7/c1-11(18(24)21-12-6-7-15-16(8-12)28-10-27-15)29-17(23)9-22-19(25)13-4-2-3-5-14(13)20(22)26/h6-8,11,13-14H,2-5,9-10H2,1H3,(H,21,24)/t11-,13-,14-/m0/s1. The lowest BCUT2D eigenvalue weighted by atomic mass is 9.81. The van der Waals surface area contributed by atoms with Crippen molar-refractivity contribution in [2.45, 2.75) is 38.7 Å². The van der Waals surface area contributed by atoms with Crippen molar-refractivity contribution in [3.8, 4) is 11.5 Å². The number of nitrogens with one attached hydrogen (secondary N) is 1. The van der Waals surface area contributed by atoms with Crippen molar-refractivity contribution in [3.63, 3.8) is 0 Å². The fraction of sp³-hybridized carbons (Fsp3) is 0.500. The number of benzene rings is 1. The summed E-state index contributed by atoms with van der Waals surface area (Å²) in [6.07, 6.45) is 2.08. The van der Waals surface area contributed by atoms with Gasteiger partial charge in [-0.15, -0.1) is 0 Å². The summed E-state index contributed by atoms with van der Waals surface area (Å²) in [5, 5.41) is 2.63.